The van der Waals surface area contributed by atoms with Crippen molar-refractivity contribution in [3.63, 3.8) is 0 Å². The van der Waals surface area contributed by atoms with E-state index in [0.29, 0.717) is 49.9 Å². The van der Waals surface area contributed by atoms with Gasteiger partial charge in [-0.25, -0.2) is 4.79 Å². The van der Waals surface area contributed by atoms with Crippen molar-refractivity contribution in [3.05, 3.63) is 77.9 Å². The van der Waals surface area contributed by atoms with Crippen LogP contribution >= 0.6 is 0 Å². The summed E-state index contributed by atoms with van der Waals surface area (Å²) in [4.78, 5) is 80.2. The number of aliphatic carboxylic acids is 1. The molecule has 1 aliphatic rings. The Morgan fingerprint density at radius 2 is 1.24 bits per heavy atom. The van der Waals surface area contributed by atoms with Crippen LogP contribution in [0, 0.1) is 0 Å². The summed E-state index contributed by atoms with van der Waals surface area (Å²) in [5.74, 6) is -4.65. The lowest BCUT2D eigenvalue weighted by molar-refractivity contribution is -0.142. The third-order valence-corrected chi connectivity index (χ3v) is 8.96. The van der Waals surface area contributed by atoms with Gasteiger partial charge in [-0.2, -0.15) is 0 Å². The second-order valence-corrected chi connectivity index (χ2v) is 13.3. The first-order valence-corrected chi connectivity index (χ1v) is 18.3. The first kappa shape index (κ1) is 43.1. The van der Waals surface area contributed by atoms with E-state index in [1.807, 2.05) is 0 Å². The number of benzene rings is 2. The fraction of sp³-hybridized carbons (Fsp3) is 0.474. The van der Waals surface area contributed by atoms with Gasteiger partial charge in [0.15, 0.2) is 0 Å². The lowest BCUT2D eigenvalue weighted by Crippen LogP contribution is -2.59. The number of carboxylic acid groups (broad SMARTS) is 1. The van der Waals surface area contributed by atoms with Crippen LogP contribution in [0.3, 0.4) is 0 Å². The number of carbonyl (C=O) groups is 6. The summed E-state index contributed by atoms with van der Waals surface area (Å²) >= 11 is 0. The molecule has 0 aliphatic carbocycles. The predicted molar refractivity (Wildman–Crippen MR) is 201 cm³/mol. The number of rotatable bonds is 17. The number of phenolic OH excluding ortho intramolecular Hbond substituents is 1. The van der Waals surface area contributed by atoms with Crippen LogP contribution in [0.25, 0.3) is 0 Å². The Balaban J connectivity index is 1.91. The lowest BCUT2D eigenvalue weighted by atomic mass is 10.0. The van der Waals surface area contributed by atoms with Crippen LogP contribution in [0.2, 0.25) is 0 Å². The molecule has 2 aromatic carbocycles. The largest absolute Gasteiger partial charge is 0.508 e. The summed E-state index contributed by atoms with van der Waals surface area (Å²) in [5.41, 5.74) is 18.7. The molecule has 0 spiro atoms. The van der Waals surface area contributed by atoms with Gasteiger partial charge in [-0.1, -0.05) is 54.6 Å². The van der Waals surface area contributed by atoms with Crippen LogP contribution in [-0.4, -0.2) is 95.1 Å². The number of aromatic hydroxyl groups is 1. The summed E-state index contributed by atoms with van der Waals surface area (Å²) in [5, 5.41) is 33.1. The highest BCUT2D eigenvalue weighted by atomic mass is 16.4. The molecule has 0 saturated carbocycles. The Morgan fingerprint density at radius 1 is 0.704 bits per heavy atom. The van der Waals surface area contributed by atoms with Gasteiger partial charge in [-0.05, 0) is 87.7 Å². The van der Waals surface area contributed by atoms with E-state index < -0.39 is 71.8 Å². The molecule has 0 fully saturated rings. The molecule has 0 unspecified atom stereocenters. The number of hydrogen-bond donors (Lipinski definition) is 10. The summed E-state index contributed by atoms with van der Waals surface area (Å²) in [6.07, 6.45) is 5.70. The number of unbranched alkanes of at least 4 members (excludes halogenated alkanes) is 2. The molecule has 54 heavy (non-hydrogen) atoms. The van der Waals surface area contributed by atoms with Gasteiger partial charge in [-0.15, -0.1) is 0 Å². The molecule has 3 rings (SSSR count). The summed E-state index contributed by atoms with van der Waals surface area (Å²) in [7, 11) is 0. The molecule has 0 saturated heterocycles. The van der Waals surface area contributed by atoms with Crippen LogP contribution in [-0.2, 0) is 41.6 Å². The number of carboxylic acids is 1. The first-order valence-electron chi connectivity index (χ1n) is 18.3. The third kappa shape index (κ3) is 14.6. The highest BCUT2D eigenvalue weighted by Crippen LogP contribution is 2.14. The van der Waals surface area contributed by atoms with Crippen molar-refractivity contribution in [1.29, 1.82) is 0 Å². The SMILES string of the molecule is NCCCC[C@@H]1NC(=O)[C@H](CCCCN)NC(=O)[C@@H](N)C/C=C/C[C@@H](C(=O)N[C@@H](Cc2ccc(O)cc2)C(=O)N[C@@H](Cc2ccccc2)C(=O)O)NC1=O. The number of phenols is 1. The highest BCUT2D eigenvalue weighted by Gasteiger charge is 2.33. The van der Waals surface area contributed by atoms with E-state index in [-0.39, 0.29) is 44.3 Å². The van der Waals surface area contributed by atoms with Crippen molar-refractivity contribution in [3.8, 4) is 5.75 Å². The van der Waals surface area contributed by atoms with E-state index in [9.17, 15) is 39.0 Å². The normalized spacial score (nSPS) is 21.3. The number of carbonyl (C=O) groups excluding carboxylic acids is 5. The Bertz CT molecular complexity index is 1570. The molecule has 16 heteroatoms. The van der Waals surface area contributed by atoms with Crippen molar-refractivity contribution in [2.75, 3.05) is 13.1 Å². The summed E-state index contributed by atoms with van der Waals surface area (Å²) in [6.45, 7) is 0.748. The van der Waals surface area contributed by atoms with E-state index >= 15 is 0 Å². The molecular weight excluding hydrogens is 696 g/mol. The molecule has 0 bridgehead atoms. The van der Waals surface area contributed by atoms with Crippen molar-refractivity contribution in [2.24, 2.45) is 17.2 Å². The van der Waals surface area contributed by atoms with Crippen molar-refractivity contribution in [2.45, 2.75) is 100 Å². The van der Waals surface area contributed by atoms with Gasteiger partial charge in [0.05, 0.1) is 6.04 Å². The van der Waals surface area contributed by atoms with Crippen molar-refractivity contribution in [1.82, 2.24) is 26.6 Å². The molecule has 294 valence electrons. The molecular formula is C38H54N8O8. The van der Waals surface area contributed by atoms with Gasteiger partial charge in [0.2, 0.25) is 29.5 Å². The minimum atomic E-state index is -1.32. The fourth-order valence-corrected chi connectivity index (χ4v) is 5.83. The Hall–Kier alpha value is -5.32. The number of hydrogen-bond acceptors (Lipinski definition) is 10. The molecule has 0 aromatic heterocycles. The molecule has 1 aliphatic heterocycles. The topological polar surface area (TPSA) is 281 Å². The van der Waals surface area contributed by atoms with E-state index in [4.69, 9.17) is 17.2 Å². The van der Waals surface area contributed by atoms with Gasteiger partial charge in [0.1, 0.15) is 36.0 Å². The average Bonchev–Trinajstić information content (AvgIpc) is 3.15. The van der Waals surface area contributed by atoms with Crippen molar-refractivity contribution < 1.29 is 39.0 Å². The maximum Gasteiger partial charge on any atom is 0.326 e. The van der Waals surface area contributed by atoms with Crippen LogP contribution in [0.5, 0.6) is 5.75 Å². The lowest BCUT2D eigenvalue weighted by Gasteiger charge is -2.27. The van der Waals surface area contributed by atoms with Crippen LogP contribution in [0.15, 0.2) is 66.7 Å². The molecule has 6 atom stereocenters. The van der Waals surface area contributed by atoms with E-state index in [2.05, 4.69) is 26.6 Å². The van der Waals surface area contributed by atoms with Crippen molar-refractivity contribution >= 4 is 35.5 Å². The zero-order valence-corrected chi connectivity index (χ0v) is 30.4. The third-order valence-electron chi connectivity index (χ3n) is 8.96. The summed E-state index contributed by atoms with van der Waals surface area (Å²) in [6, 6.07) is 7.71. The number of nitrogens with one attached hydrogen (secondary N) is 5. The van der Waals surface area contributed by atoms with Gasteiger partial charge < -0.3 is 54.0 Å². The van der Waals surface area contributed by atoms with Crippen LogP contribution in [0.1, 0.15) is 62.5 Å². The predicted octanol–water partition coefficient (Wildman–Crippen LogP) is -0.379. The molecule has 16 nitrogen and oxygen atoms in total. The molecule has 13 N–H and O–H groups in total. The average molecular weight is 751 g/mol. The second-order valence-electron chi connectivity index (χ2n) is 13.3. The highest BCUT2D eigenvalue weighted by molar-refractivity contribution is 5.96. The Labute approximate surface area is 315 Å². The number of nitrogens with two attached hydrogens (primary N) is 3. The number of amides is 5. The van der Waals surface area contributed by atoms with E-state index in [1.54, 1.807) is 54.6 Å². The van der Waals surface area contributed by atoms with Gasteiger partial charge in [0.25, 0.3) is 0 Å². The van der Waals surface area contributed by atoms with Gasteiger partial charge in [0, 0.05) is 12.8 Å². The molecule has 0 radical (unpaired) electrons. The molecule has 5 amide bonds. The standard InChI is InChI=1S/C38H54N8O8/c39-20-8-6-14-28-34(49)44-30(15-7-9-21-40)35(50)43-29(13-5-4-12-27(41)33(48)42-28)36(51)45-31(22-25-16-18-26(47)19-17-25)37(52)46-32(38(53)54)23-24-10-2-1-3-11-24/h1-5,10-11,16-19,27-32,47H,6-9,12-15,20-23,39-41H2,(H,42,48)(H,43,50)(H,44,49)(H,45,51)(H,46,52)(H,53,54)/b5-4+/t27-,28-,29-,30-,31-,32-/m0/s1. The van der Waals surface area contributed by atoms with Crippen LogP contribution in [0.4, 0.5) is 0 Å². The zero-order valence-electron chi connectivity index (χ0n) is 30.4. The quantitative estimate of drug-likeness (QED) is 0.0735. The Morgan fingerprint density at radius 3 is 1.83 bits per heavy atom. The van der Waals surface area contributed by atoms with Crippen LogP contribution < -0.4 is 43.8 Å². The second kappa shape index (κ2) is 22.7. The Kier molecular flexibility index (Phi) is 18.1. The fourth-order valence-electron chi connectivity index (χ4n) is 5.83. The van der Waals surface area contributed by atoms with Gasteiger partial charge in [-0.3, -0.25) is 24.0 Å². The molecule has 1 heterocycles. The minimum absolute atomic E-state index is 0.0148. The first-order chi connectivity index (χ1) is 25.9. The van der Waals surface area contributed by atoms with E-state index in [0.717, 1.165) is 0 Å². The maximum atomic E-state index is 14.0. The van der Waals surface area contributed by atoms with E-state index in [1.165, 1.54) is 12.1 Å². The maximum absolute atomic E-state index is 14.0. The molecule has 2 aromatic rings. The minimum Gasteiger partial charge on any atom is -0.508 e. The smallest absolute Gasteiger partial charge is 0.326 e. The monoisotopic (exact) mass is 750 g/mol. The van der Waals surface area contributed by atoms with Gasteiger partial charge >= 0.3 is 5.97 Å². The summed E-state index contributed by atoms with van der Waals surface area (Å²) < 4.78 is 0. The zero-order chi connectivity index (χ0) is 39.5.